The molecule has 0 aliphatic heterocycles. The second-order valence-electron chi connectivity index (χ2n) is 2.80. The van der Waals surface area contributed by atoms with Crippen LogP contribution in [0, 0.1) is 11.6 Å². The number of aromatic amines is 1. The van der Waals surface area contributed by atoms with Gasteiger partial charge in [0.1, 0.15) is 10.5 Å². The van der Waals surface area contributed by atoms with Crippen LogP contribution >= 0.6 is 12.2 Å². The van der Waals surface area contributed by atoms with Crippen molar-refractivity contribution in [3.05, 3.63) is 21.7 Å². The Morgan fingerprint density at radius 2 is 2.00 bits per heavy atom. The summed E-state index contributed by atoms with van der Waals surface area (Å²) in [6, 6.07) is 0. The molecule has 0 bridgehead atoms. The van der Waals surface area contributed by atoms with Gasteiger partial charge in [0.15, 0.2) is 0 Å². The van der Waals surface area contributed by atoms with Gasteiger partial charge in [0.05, 0.1) is 0 Å². The van der Waals surface area contributed by atoms with Crippen LogP contribution in [-0.4, -0.2) is 9.97 Å². The molecule has 0 aromatic carbocycles. The van der Waals surface area contributed by atoms with E-state index in [1.165, 1.54) is 5.56 Å². The first-order chi connectivity index (χ1) is 5.69. The number of H-pyrrole nitrogens is 1. The summed E-state index contributed by atoms with van der Waals surface area (Å²) in [4.78, 5) is 7.52. The van der Waals surface area contributed by atoms with E-state index in [2.05, 4.69) is 30.7 Å². The minimum Gasteiger partial charge on any atom is -0.347 e. The smallest absolute Gasteiger partial charge is 0.133 e. The maximum Gasteiger partial charge on any atom is 0.133 e. The fourth-order valence-electron chi connectivity index (χ4n) is 1.25. The molecule has 2 nitrogen and oxygen atoms in total. The molecule has 1 N–H and O–H groups in total. The van der Waals surface area contributed by atoms with Gasteiger partial charge in [-0.2, -0.15) is 0 Å². The molecule has 0 unspecified atom stereocenters. The van der Waals surface area contributed by atoms with Crippen molar-refractivity contribution < 1.29 is 0 Å². The third kappa shape index (κ3) is 1.72. The fraction of sp³-hybridized carbons (Fsp3) is 0.556. The molecule has 0 aliphatic rings. The largest absolute Gasteiger partial charge is 0.347 e. The fourth-order valence-corrected chi connectivity index (χ4v) is 1.66. The minimum atomic E-state index is 0.755. The van der Waals surface area contributed by atoms with Crippen molar-refractivity contribution >= 4 is 12.2 Å². The molecule has 1 rings (SSSR count). The molecule has 3 heteroatoms. The molecule has 66 valence electrons. The normalized spacial score (nSPS) is 10.2. The van der Waals surface area contributed by atoms with Crippen LogP contribution in [0.25, 0.3) is 0 Å². The molecule has 1 heterocycles. The van der Waals surface area contributed by atoms with Crippen LogP contribution in [0.15, 0.2) is 0 Å². The molecule has 0 saturated heterocycles. The zero-order valence-corrected chi connectivity index (χ0v) is 8.59. The van der Waals surface area contributed by atoms with E-state index >= 15 is 0 Å². The van der Waals surface area contributed by atoms with Crippen molar-refractivity contribution in [1.29, 1.82) is 0 Å². The topological polar surface area (TPSA) is 28.7 Å². The Hall–Kier alpha value is -0.700. The molecule has 0 radical (unpaired) electrons. The Balaban J connectivity index is 3.28. The second kappa shape index (κ2) is 3.81. The summed E-state index contributed by atoms with van der Waals surface area (Å²) >= 11 is 5.16. The molecule has 0 fully saturated rings. The molecule has 0 spiro atoms. The Morgan fingerprint density at radius 3 is 2.42 bits per heavy atom. The van der Waals surface area contributed by atoms with Crippen molar-refractivity contribution in [2.24, 2.45) is 0 Å². The number of aromatic nitrogens is 2. The highest BCUT2D eigenvalue weighted by Crippen LogP contribution is 2.07. The van der Waals surface area contributed by atoms with E-state index in [0.717, 1.165) is 29.0 Å². The van der Waals surface area contributed by atoms with E-state index in [1.807, 2.05) is 0 Å². The average molecular weight is 182 g/mol. The summed E-state index contributed by atoms with van der Waals surface area (Å²) in [6.07, 6.45) is 1.87. The Labute approximate surface area is 78.1 Å². The van der Waals surface area contributed by atoms with Gasteiger partial charge in [0.2, 0.25) is 0 Å². The van der Waals surface area contributed by atoms with Crippen LogP contribution in [-0.2, 0) is 12.8 Å². The number of nitrogens with one attached hydrogen (secondary N) is 1. The summed E-state index contributed by atoms with van der Waals surface area (Å²) in [5.74, 6) is 0.981. The average Bonchev–Trinajstić information content (AvgIpc) is 2.03. The van der Waals surface area contributed by atoms with E-state index in [0.29, 0.717) is 0 Å². The zero-order valence-electron chi connectivity index (χ0n) is 7.77. The highest BCUT2D eigenvalue weighted by Gasteiger charge is 2.01. The van der Waals surface area contributed by atoms with Crippen molar-refractivity contribution in [2.45, 2.75) is 33.6 Å². The number of aryl methyl sites for hydroxylation is 2. The Kier molecular flexibility index (Phi) is 2.98. The van der Waals surface area contributed by atoms with Crippen LogP contribution in [0.1, 0.15) is 30.9 Å². The highest BCUT2D eigenvalue weighted by atomic mass is 32.1. The van der Waals surface area contributed by atoms with Gasteiger partial charge in [0, 0.05) is 17.7 Å². The van der Waals surface area contributed by atoms with Crippen LogP contribution < -0.4 is 0 Å². The zero-order chi connectivity index (χ0) is 9.14. The second-order valence-corrected chi connectivity index (χ2v) is 3.19. The SMILES string of the molecule is CCc1nc(=S)c(CC)c(C)[nH]1. The summed E-state index contributed by atoms with van der Waals surface area (Å²) in [5.41, 5.74) is 2.33. The number of rotatable bonds is 2. The Morgan fingerprint density at radius 1 is 1.33 bits per heavy atom. The molecule has 12 heavy (non-hydrogen) atoms. The lowest BCUT2D eigenvalue weighted by Gasteiger charge is -2.05. The molecule has 0 aliphatic carbocycles. The lowest BCUT2D eigenvalue weighted by Crippen LogP contribution is -2.00. The van der Waals surface area contributed by atoms with Crippen LogP contribution in [0.2, 0.25) is 0 Å². The number of hydrogen-bond donors (Lipinski definition) is 1. The van der Waals surface area contributed by atoms with Gasteiger partial charge < -0.3 is 4.98 Å². The molecule has 0 atom stereocenters. The van der Waals surface area contributed by atoms with Crippen LogP contribution in [0.5, 0.6) is 0 Å². The van der Waals surface area contributed by atoms with E-state index in [9.17, 15) is 0 Å². The van der Waals surface area contributed by atoms with Crippen molar-refractivity contribution in [3.8, 4) is 0 Å². The molecule has 1 aromatic rings. The van der Waals surface area contributed by atoms with Gasteiger partial charge in [0.25, 0.3) is 0 Å². The molecular weight excluding hydrogens is 168 g/mol. The number of nitrogens with zero attached hydrogens (tertiary/aromatic N) is 1. The maximum atomic E-state index is 5.16. The first kappa shape index (κ1) is 9.39. The van der Waals surface area contributed by atoms with Gasteiger partial charge in [-0.3, -0.25) is 0 Å². The van der Waals surface area contributed by atoms with E-state index < -0.39 is 0 Å². The maximum absolute atomic E-state index is 5.16. The van der Waals surface area contributed by atoms with Crippen molar-refractivity contribution in [2.75, 3.05) is 0 Å². The van der Waals surface area contributed by atoms with Gasteiger partial charge in [-0.1, -0.05) is 26.1 Å². The third-order valence-electron chi connectivity index (χ3n) is 1.97. The van der Waals surface area contributed by atoms with Crippen LogP contribution in [0.3, 0.4) is 0 Å². The van der Waals surface area contributed by atoms with E-state index in [-0.39, 0.29) is 0 Å². The van der Waals surface area contributed by atoms with Gasteiger partial charge in [-0.25, -0.2) is 4.98 Å². The molecule has 1 aromatic heterocycles. The van der Waals surface area contributed by atoms with Gasteiger partial charge in [-0.05, 0) is 13.3 Å². The third-order valence-corrected chi connectivity index (χ3v) is 2.31. The summed E-state index contributed by atoms with van der Waals surface area (Å²) in [6.45, 7) is 6.22. The van der Waals surface area contributed by atoms with Crippen molar-refractivity contribution in [1.82, 2.24) is 9.97 Å². The predicted octanol–water partition coefficient (Wildman–Crippen LogP) is 2.57. The van der Waals surface area contributed by atoms with Gasteiger partial charge in [-0.15, -0.1) is 0 Å². The highest BCUT2D eigenvalue weighted by molar-refractivity contribution is 7.71. The van der Waals surface area contributed by atoms with E-state index in [4.69, 9.17) is 12.2 Å². The molecular formula is C9H14N2S. The van der Waals surface area contributed by atoms with Crippen LogP contribution in [0.4, 0.5) is 0 Å². The lowest BCUT2D eigenvalue weighted by atomic mass is 10.2. The van der Waals surface area contributed by atoms with E-state index in [1.54, 1.807) is 0 Å². The summed E-state index contributed by atoms with van der Waals surface area (Å²) < 4.78 is 0.755. The number of hydrogen-bond acceptors (Lipinski definition) is 2. The first-order valence-electron chi connectivity index (χ1n) is 4.27. The predicted molar refractivity (Wildman–Crippen MR) is 52.9 cm³/mol. The molecule has 0 saturated carbocycles. The summed E-state index contributed by atoms with van der Waals surface area (Å²) in [7, 11) is 0. The minimum absolute atomic E-state index is 0.755. The lowest BCUT2D eigenvalue weighted by molar-refractivity contribution is 0.878. The summed E-state index contributed by atoms with van der Waals surface area (Å²) in [5, 5.41) is 0. The Bertz CT molecular complexity index is 328. The van der Waals surface area contributed by atoms with Crippen molar-refractivity contribution in [3.63, 3.8) is 0 Å². The van der Waals surface area contributed by atoms with Gasteiger partial charge >= 0.3 is 0 Å². The monoisotopic (exact) mass is 182 g/mol. The molecule has 0 amide bonds. The first-order valence-corrected chi connectivity index (χ1v) is 4.68. The standard InChI is InChI=1S/C9H14N2S/c1-4-7-6(3)10-8(5-2)11-9(7)12/h4-5H2,1-3H3,(H,10,11,12). The quantitative estimate of drug-likeness (QED) is 0.712.